The summed E-state index contributed by atoms with van der Waals surface area (Å²) in [6.45, 7) is 8.78. The normalized spacial score (nSPS) is 14.2. The van der Waals surface area contributed by atoms with Gasteiger partial charge in [-0.15, -0.1) is 0 Å². The molecular weight excluding hydrogens is 434 g/mol. The smallest absolute Gasteiger partial charge is 0.262 e. The van der Waals surface area contributed by atoms with Crippen molar-refractivity contribution < 1.29 is 9.53 Å². The molecule has 5 nitrogen and oxygen atoms in total. The summed E-state index contributed by atoms with van der Waals surface area (Å²) in [7, 11) is 0. The van der Waals surface area contributed by atoms with Crippen LogP contribution in [-0.4, -0.2) is 43.6 Å². The van der Waals surface area contributed by atoms with Gasteiger partial charge >= 0.3 is 0 Å². The minimum Gasteiger partial charge on any atom is -0.483 e. The molecule has 0 bridgehead atoms. The highest BCUT2D eigenvalue weighted by Crippen LogP contribution is 2.23. The zero-order valence-electron chi connectivity index (χ0n) is 19.2. The van der Waals surface area contributed by atoms with Crippen molar-refractivity contribution in [3.63, 3.8) is 0 Å². The Balaban J connectivity index is 1.25. The van der Waals surface area contributed by atoms with Crippen LogP contribution in [0, 0.1) is 13.8 Å². The number of amides is 1. The molecule has 1 saturated heterocycles. The van der Waals surface area contributed by atoms with E-state index in [2.05, 4.69) is 33.3 Å². The summed E-state index contributed by atoms with van der Waals surface area (Å²) in [6.07, 6.45) is 0. The van der Waals surface area contributed by atoms with Crippen molar-refractivity contribution in [1.29, 1.82) is 0 Å². The summed E-state index contributed by atoms with van der Waals surface area (Å²) in [4.78, 5) is 17.1. The molecule has 4 rings (SSSR count). The molecule has 3 aromatic rings. The highest BCUT2D eigenvalue weighted by atomic mass is 35.5. The first-order chi connectivity index (χ1) is 16.0. The maximum atomic E-state index is 12.3. The zero-order valence-corrected chi connectivity index (χ0v) is 19.9. The lowest BCUT2D eigenvalue weighted by Crippen LogP contribution is -2.46. The minimum atomic E-state index is -0.170. The Morgan fingerprint density at radius 1 is 0.939 bits per heavy atom. The molecule has 1 amide bonds. The van der Waals surface area contributed by atoms with Crippen LogP contribution in [0.3, 0.4) is 0 Å². The molecule has 33 heavy (non-hydrogen) atoms. The Morgan fingerprint density at radius 2 is 1.67 bits per heavy atom. The van der Waals surface area contributed by atoms with E-state index in [1.165, 1.54) is 5.56 Å². The number of anilines is 2. The largest absolute Gasteiger partial charge is 0.483 e. The lowest BCUT2D eigenvalue weighted by molar-refractivity contribution is -0.118. The number of piperazine rings is 1. The highest BCUT2D eigenvalue weighted by molar-refractivity contribution is 6.31. The summed E-state index contributed by atoms with van der Waals surface area (Å²) in [6, 6.07) is 21.9. The number of hydrogen-bond donors (Lipinski definition) is 1. The van der Waals surface area contributed by atoms with E-state index in [-0.39, 0.29) is 12.5 Å². The van der Waals surface area contributed by atoms with Crippen LogP contribution in [0.5, 0.6) is 5.75 Å². The molecule has 0 radical (unpaired) electrons. The van der Waals surface area contributed by atoms with E-state index in [0.29, 0.717) is 0 Å². The van der Waals surface area contributed by atoms with E-state index in [1.54, 1.807) is 0 Å². The third-order valence-electron chi connectivity index (χ3n) is 6.15. The lowest BCUT2D eigenvalue weighted by atomic mass is 10.1. The third kappa shape index (κ3) is 6.06. The predicted octanol–water partition coefficient (Wildman–Crippen LogP) is 5.30. The van der Waals surface area contributed by atoms with Crippen LogP contribution in [0.4, 0.5) is 11.4 Å². The van der Waals surface area contributed by atoms with Crippen molar-refractivity contribution >= 4 is 28.9 Å². The van der Waals surface area contributed by atoms with Crippen LogP contribution in [0.25, 0.3) is 0 Å². The number of benzene rings is 3. The highest BCUT2D eigenvalue weighted by Gasteiger charge is 2.18. The van der Waals surface area contributed by atoms with Gasteiger partial charge in [-0.1, -0.05) is 41.9 Å². The second-order valence-electron chi connectivity index (χ2n) is 8.44. The van der Waals surface area contributed by atoms with Crippen molar-refractivity contribution in [1.82, 2.24) is 4.90 Å². The summed E-state index contributed by atoms with van der Waals surface area (Å²) < 4.78 is 5.70. The second kappa shape index (κ2) is 10.7. The van der Waals surface area contributed by atoms with Gasteiger partial charge in [0.2, 0.25) is 0 Å². The molecule has 172 valence electrons. The maximum absolute atomic E-state index is 12.3. The van der Waals surface area contributed by atoms with Crippen LogP contribution in [-0.2, 0) is 11.3 Å². The SMILES string of the molecule is Cc1cccc(OCC(=O)Nc2ccc(N3CCN(Cc4ccccc4Cl)CC3)cc2)c1C. The molecule has 0 atom stereocenters. The average Bonchev–Trinajstić information content (AvgIpc) is 2.83. The summed E-state index contributed by atoms with van der Waals surface area (Å²) >= 11 is 6.31. The van der Waals surface area contributed by atoms with Gasteiger partial charge in [0, 0.05) is 49.1 Å². The van der Waals surface area contributed by atoms with Crippen molar-refractivity contribution in [2.75, 3.05) is 43.0 Å². The molecule has 1 aliphatic rings. The lowest BCUT2D eigenvalue weighted by Gasteiger charge is -2.36. The van der Waals surface area contributed by atoms with Crippen molar-refractivity contribution in [2.24, 2.45) is 0 Å². The molecule has 1 heterocycles. The zero-order chi connectivity index (χ0) is 23.2. The number of hydrogen-bond acceptors (Lipinski definition) is 4. The molecule has 0 saturated carbocycles. The maximum Gasteiger partial charge on any atom is 0.262 e. The monoisotopic (exact) mass is 463 g/mol. The molecule has 0 spiro atoms. The molecule has 0 aromatic heterocycles. The van der Waals surface area contributed by atoms with Gasteiger partial charge in [-0.25, -0.2) is 0 Å². The van der Waals surface area contributed by atoms with E-state index < -0.39 is 0 Å². The fourth-order valence-corrected chi connectivity index (χ4v) is 4.20. The van der Waals surface area contributed by atoms with E-state index in [1.807, 2.05) is 62.4 Å². The first kappa shape index (κ1) is 23.1. The number of rotatable bonds is 7. The van der Waals surface area contributed by atoms with Gasteiger partial charge in [0.25, 0.3) is 5.91 Å². The Hall–Kier alpha value is -3.02. The predicted molar refractivity (Wildman–Crippen MR) is 135 cm³/mol. The number of halogens is 1. The molecule has 1 aliphatic heterocycles. The molecule has 0 unspecified atom stereocenters. The van der Waals surface area contributed by atoms with Gasteiger partial charge in [-0.05, 0) is 66.9 Å². The van der Waals surface area contributed by atoms with E-state index in [9.17, 15) is 4.79 Å². The fourth-order valence-electron chi connectivity index (χ4n) is 4.01. The number of nitrogens with one attached hydrogen (secondary N) is 1. The third-order valence-corrected chi connectivity index (χ3v) is 6.52. The van der Waals surface area contributed by atoms with Gasteiger partial charge in [-0.3, -0.25) is 9.69 Å². The fraction of sp³-hybridized carbons (Fsp3) is 0.296. The molecule has 0 aliphatic carbocycles. The van der Waals surface area contributed by atoms with Crippen molar-refractivity contribution in [3.8, 4) is 5.75 Å². The van der Waals surface area contributed by atoms with Crippen molar-refractivity contribution in [3.05, 3.63) is 88.4 Å². The Morgan fingerprint density at radius 3 is 2.39 bits per heavy atom. The van der Waals surface area contributed by atoms with E-state index >= 15 is 0 Å². The number of ether oxygens (including phenoxy) is 1. The second-order valence-corrected chi connectivity index (χ2v) is 8.84. The summed E-state index contributed by atoms with van der Waals surface area (Å²) in [5, 5.41) is 3.74. The number of carbonyl (C=O) groups is 1. The average molecular weight is 464 g/mol. The molecular formula is C27H30ClN3O2. The van der Waals surface area contributed by atoms with Crippen LogP contribution >= 0.6 is 11.6 Å². The van der Waals surface area contributed by atoms with E-state index in [4.69, 9.17) is 16.3 Å². The van der Waals surface area contributed by atoms with Crippen molar-refractivity contribution in [2.45, 2.75) is 20.4 Å². The van der Waals surface area contributed by atoms with Gasteiger partial charge in [0.1, 0.15) is 5.75 Å². The minimum absolute atomic E-state index is 0.0144. The molecule has 1 fully saturated rings. The summed E-state index contributed by atoms with van der Waals surface area (Å²) in [5.74, 6) is 0.575. The number of aryl methyl sites for hydroxylation is 1. The first-order valence-corrected chi connectivity index (χ1v) is 11.7. The Bertz CT molecular complexity index is 1090. The van der Waals surface area contributed by atoms with Gasteiger partial charge < -0.3 is 15.0 Å². The van der Waals surface area contributed by atoms with Crippen LogP contribution in [0.1, 0.15) is 16.7 Å². The van der Waals surface area contributed by atoms with E-state index in [0.717, 1.165) is 66.0 Å². The van der Waals surface area contributed by atoms with Gasteiger partial charge in [0.15, 0.2) is 6.61 Å². The number of nitrogens with zero attached hydrogens (tertiary/aromatic N) is 2. The molecule has 1 N–H and O–H groups in total. The van der Waals surface area contributed by atoms with Gasteiger partial charge in [-0.2, -0.15) is 0 Å². The molecule has 6 heteroatoms. The van der Waals surface area contributed by atoms with Crippen LogP contribution in [0.15, 0.2) is 66.7 Å². The van der Waals surface area contributed by atoms with Crippen LogP contribution < -0.4 is 15.0 Å². The first-order valence-electron chi connectivity index (χ1n) is 11.3. The number of carbonyl (C=O) groups excluding carboxylic acids is 1. The Labute approximate surface area is 200 Å². The topological polar surface area (TPSA) is 44.8 Å². The Kier molecular flexibility index (Phi) is 7.53. The molecule has 3 aromatic carbocycles. The van der Waals surface area contributed by atoms with Crippen LogP contribution in [0.2, 0.25) is 5.02 Å². The summed E-state index contributed by atoms with van der Waals surface area (Å²) in [5.41, 5.74) is 5.31. The quantitative estimate of drug-likeness (QED) is 0.516. The standard InChI is InChI=1S/C27H30ClN3O2/c1-20-6-5-9-26(21(20)2)33-19-27(32)29-23-10-12-24(13-11-23)31-16-14-30(15-17-31)18-22-7-3-4-8-25(22)28/h3-13H,14-19H2,1-2H3,(H,29,32). The van der Waals surface area contributed by atoms with Gasteiger partial charge in [0.05, 0.1) is 0 Å².